The van der Waals surface area contributed by atoms with Crippen LogP contribution in [0.2, 0.25) is 0 Å². The summed E-state index contributed by atoms with van der Waals surface area (Å²) in [5, 5.41) is 0. The lowest BCUT2D eigenvalue weighted by atomic mass is 10.3. The van der Waals surface area contributed by atoms with Crippen molar-refractivity contribution in [3.8, 4) is 0 Å². The van der Waals surface area contributed by atoms with Crippen molar-refractivity contribution in [2.75, 3.05) is 0 Å². The van der Waals surface area contributed by atoms with E-state index in [0.717, 1.165) is 22.5 Å². The van der Waals surface area contributed by atoms with Gasteiger partial charge in [0.15, 0.2) is 0 Å². The van der Waals surface area contributed by atoms with Crippen LogP contribution >= 0.6 is 12.0 Å². The van der Waals surface area contributed by atoms with Gasteiger partial charge in [0.05, 0.1) is 12.0 Å². The minimum absolute atomic E-state index is 0.998. The molecular formula is C6H8N2OS. The molecule has 0 saturated carbocycles. The van der Waals surface area contributed by atoms with Gasteiger partial charge in [0, 0.05) is 17.3 Å². The number of nitrogens with zero attached hydrogens (tertiary/aromatic N) is 1. The van der Waals surface area contributed by atoms with Crippen LogP contribution in [0.25, 0.3) is 0 Å². The minimum atomic E-state index is 0.998. The van der Waals surface area contributed by atoms with E-state index in [1.54, 1.807) is 12.4 Å². The van der Waals surface area contributed by atoms with E-state index in [1.807, 2.05) is 13.0 Å². The molecule has 0 aliphatic heterocycles. The first-order valence-corrected chi connectivity index (χ1v) is 3.53. The molecule has 0 saturated heterocycles. The summed E-state index contributed by atoms with van der Waals surface area (Å²) in [6, 6.07) is 1.85. The van der Waals surface area contributed by atoms with Crippen molar-refractivity contribution >= 4 is 12.0 Å². The molecule has 0 spiro atoms. The number of hydrogen-bond donors (Lipinski definition) is 1. The van der Waals surface area contributed by atoms with Crippen molar-refractivity contribution in [3.63, 3.8) is 0 Å². The Hall–Kier alpha value is -0.580. The molecule has 0 amide bonds. The van der Waals surface area contributed by atoms with Crippen molar-refractivity contribution < 1.29 is 4.28 Å². The normalized spacial score (nSPS) is 9.80. The molecule has 2 N–H and O–H groups in total. The quantitative estimate of drug-likeness (QED) is 0.517. The first kappa shape index (κ1) is 7.53. The lowest BCUT2D eigenvalue weighted by Crippen LogP contribution is -1.89. The highest BCUT2D eigenvalue weighted by Crippen LogP contribution is 2.19. The van der Waals surface area contributed by atoms with Crippen molar-refractivity contribution in [2.45, 2.75) is 11.8 Å². The molecule has 0 aliphatic rings. The first-order chi connectivity index (χ1) is 4.84. The number of rotatable bonds is 2. The van der Waals surface area contributed by atoms with Crippen LogP contribution in [-0.4, -0.2) is 4.98 Å². The molecule has 0 aliphatic carbocycles. The van der Waals surface area contributed by atoms with Crippen LogP contribution < -0.4 is 5.90 Å². The summed E-state index contributed by atoms with van der Waals surface area (Å²) in [7, 11) is 0. The average molecular weight is 156 g/mol. The smallest absolute Gasteiger partial charge is 0.0525 e. The Morgan fingerprint density at radius 1 is 1.70 bits per heavy atom. The third kappa shape index (κ3) is 1.70. The van der Waals surface area contributed by atoms with Gasteiger partial charge in [-0.3, -0.25) is 4.98 Å². The van der Waals surface area contributed by atoms with Gasteiger partial charge in [-0.25, -0.2) is 10.2 Å². The average Bonchev–Trinajstić information content (AvgIpc) is 1.94. The summed E-state index contributed by atoms with van der Waals surface area (Å²) in [5.74, 6) is 4.87. The van der Waals surface area contributed by atoms with Gasteiger partial charge in [0.2, 0.25) is 0 Å². The molecule has 0 fully saturated rings. The fraction of sp³-hybridized carbons (Fsp3) is 0.167. The summed E-state index contributed by atoms with van der Waals surface area (Å²) in [4.78, 5) is 4.92. The zero-order chi connectivity index (χ0) is 7.40. The maximum absolute atomic E-state index is 4.87. The largest absolute Gasteiger partial charge is 0.264 e. The van der Waals surface area contributed by atoms with E-state index < -0.39 is 0 Å². The predicted octanol–water partition coefficient (Wildman–Crippen LogP) is 1.29. The molecule has 1 aromatic rings. The molecule has 1 rings (SSSR count). The van der Waals surface area contributed by atoms with E-state index in [4.69, 9.17) is 5.90 Å². The number of aromatic nitrogens is 1. The molecule has 10 heavy (non-hydrogen) atoms. The van der Waals surface area contributed by atoms with Gasteiger partial charge in [-0.1, -0.05) is 0 Å². The number of hydrogen-bond acceptors (Lipinski definition) is 4. The fourth-order valence-electron chi connectivity index (χ4n) is 0.606. The van der Waals surface area contributed by atoms with Crippen LogP contribution in [0.5, 0.6) is 0 Å². The van der Waals surface area contributed by atoms with Gasteiger partial charge in [0.1, 0.15) is 0 Å². The maximum atomic E-state index is 4.87. The summed E-state index contributed by atoms with van der Waals surface area (Å²) >= 11 is 1.14. The SMILES string of the molecule is Cc1cnccc1SON. The van der Waals surface area contributed by atoms with Gasteiger partial charge < -0.3 is 0 Å². The van der Waals surface area contributed by atoms with Gasteiger partial charge in [-0.05, 0) is 18.6 Å². The van der Waals surface area contributed by atoms with Crippen LogP contribution in [-0.2, 0) is 4.28 Å². The molecule has 0 radical (unpaired) electrons. The Balaban J connectivity index is 2.81. The zero-order valence-corrected chi connectivity index (χ0v) is 6.39. The van der Waals surface area contributed by atoms with Crippen molar-refractivity contribution in [1.82, 2.24) is 4.98 Å². The second kappa shape index (κ2) is 3.55. The predicted molar refractivity (Wildman–Crippen MR) is 40.1 cm³/mol. The number of aryl methyl sites for hydroxylation is 1. The fourth-order valence-corrected chi connectivity index (χ4v) is 1.01. The Bertz CT molecular complexity index is 217. The third-order valence-corrected chi connectivity index (χ3v) is 1.84. The van der Waals surface area contributed by atoms with Crippen molar-refractivity contribution in [1.29, 1.82) is 0 Å². The highest BCUT2D eigenvalue weighted by atomic mass is 32.2. The van der Waals surface area contributed by atoms with Gasteiger partial charge in [0.25, 0.3) is 0 Å². The van der Waals surface area contributed by atoms with Crippen LogP contribution in [0, 0.1) is 6.92 Å². The van der Waals surface area contributed by atoms with E-state index in [-0.39, 0.29) is 0 Å². The zero-order valence-electron chi connectivity index (χ0n) is 5.57. The Labute approximate surface area is 63.8 Å². The minimum Gasteiger partial charge on any atom is -0.264 e. The standard InChI is InChI=1S/C6H8N2OS/c1-5-4-8-3-2-6(5)10-9-7/h2-4H,7H2,1H3. The molecule has 0 atom stereocenters. The number of pyridine rings is 1. The summed E-state index contributed by atoms with van der Waals surface area (Å²) < 4.78 is 4.40. The lowest BCUT2D eigenvalue weighted by Gasteiger charge is -1.98. The van der Waals surface area contributed by atoms with Crippen molar-refractivity contribution in [3.05, 3.63) is 24.0 Å². The van der Waals surface area contributed by atoms with E-state index in [1.165, 1.54) is 0 Å². The Morgan fingerprint density at radius 2 is 2.50 bits per heavy atom. The molecule has 1 heterocycles. The van der Waals surface area contributed by atoms with Gasteiger partial charge in [-0.2, -0.15) is 0 Å². The first-order valence-electron chi connectivity index (χ1n) is 2.78. The highest BCUT2D eigenvalue weighted by molar-refractivity contribution is 7.94. The van der Waals surface area contributed by atoms with Crippen LogP contribution in [0.1, 0.15) is 5.56 Å². The second-order valence-electron chi connectivity index (χ2n) is 1.82. The van der Waals surface area contributed by atoms with Crippen LogP contribution in [0.4, 0.5) is 0 Å². The third-order valence-electron chi connectivity index (χ3n) is 1.11. The molecular weight excluding hydrogens is 148 g/mol. The molecule has 4 heteroatoms. The van der Waals surface area contributed by atoms with E-state index >= 15 is 0 Å². The van der Waals surface area contributed by atoms with Crippen LogP contribution in [0.3, 0.4) is 0 Å². The monoisotopic (exact) mass is 156 g/mol. The Kier molecular flexibility index (Phi) is 2.68. The molecule has 0 aromatic carbocycles. The Morgan fingerprint density at radius 3 is 3.10 bits per heavy atom. The van der Waals surface area contributed by atoms with Gasteiger partial charge >= 0.3 is 0 Å². The van der Waals surface area contributed by atoms with E-state index in [2.05, 4.69) is 9.27 Å². The number of nitrogens with two attached hydrogens (primary N) is 1. The molecule has 0 unspecified atom stereocenters. The topological polar surface area (TPSA) is 48.1 Å². The van der Waals surface area contributed by atoms with E-state index in [0.29, 0.717) is 0 Å². The van der Waals surface area contributed by atoms with Crippen LogP contribution in [0.15, 0.2) is 23.4 Å². The molecule has 0 bridgehead atoms. The second-order valence-corrected chi connectivity index (χ2v) is 2.62. The van der Waals surface area contributed by atoms with Gasteiger partial charge in [-0.15, -0.1) is 0 Å². The molecule has 54 valence electrons. The summed E-state index contributed by atoms with van der Waals surface area (Å²) in [6.45, 7) is 1.95. The van der Waals surface area contributed by atoms with E-state index in [9.17, 15) is 0 Å². The highest BCUT2D eigenvalue weighted by Gasteiger charge is 1.95. The van der Waals surface area contributed by atoms with Crippen molar-refractivity contribution in [2.24, 2.45) is 5.90 Å². The summed E-state index contributed by atoms with van der Waals surface area (Å²) in [5.41, 5.74) is 1.07. The maximum Gasteiger partial charge on any atom is 0.0525 e. The molecule has 3 nitrogen and oxygen atoms in total. The summed E-state index contributed by atoms with van der Waals surface area (Å²) in [6.07, 6.45) is 3.47. The lowest BCUT2D eigenvalue weighted by molar-refractivity contribution is 0.398. The molecule has 1 aromatic heterocycles.